The number of nitrogens with one attached hydrogen (secondary N) is 1. The third-order valence-electron chi connectivity index (χ3n) is 4.29. The lowest BCUT2D eigenvalue weighted by molar-refractivity contribution is 0.130. The summed E-state index contributed by atoms with van der Waals surface area (Å²) >= 11 is 0. The Morgan fingerprint density at radius 1 is 1.21 bits per heavy atom. The van der Waals surface area contributed by atoms with Crippen LogP contribution in [0.15, 0.2) is 24.3 Å². The summed E-state index contributed by atoms with van der Waals surface area (Å²) in [5.41, 5.74) is 2.14. The molecule has 6 heteroatoms. The molecular weight excluding hydrogens is 306 g/mol. The van der Waals surface area contributed by atoms with Gasteiger partial charge in [-0.1, -0.05) is 24.3 Å². The second-order valence-corrected chi connectivity index (χ2v) is 5.97. The highest BCUT2D eigenvalue weighted by atomic mass is 16.5. The van der Waals surface area contributed by atoms with Crippen molar-refractivity contribution < 1.29 is 14.6 Å². The highest BCUT2D eigenvalue weighted by Crippen LogP contribution is 2.13. The van der Waals surface area contributed by atoms with Gasteiger partial charge in [-0.05, 0) is 24.5 Å². The number of carbonyl (C=O) groups is 1. The number of rotatable bonds is 8. The summed E-state index contributed by atoms with van der Waals surface area (Å²) in [6, 6.07) is 7.98. The predicted octanol–water partition coefficient (Wildman–Crippen LogP) is 1.43. The molecule has 6 nitrogen and oxygen atoms in total. The molecule has 0 aromatic heterocycles. The van der Waals surface area contributed by atoms with Crippen molar-refractivity contribution in [1.82, 2.24) is 15.1 Å². The van der Waals surface area contributed by atoms with E-state index in [4.69, 9.17) is 4.74 Å². The van der Waals surface area contributed by atoms with Crippen LogP contribution in [-0.2, 0) is 17.9 Å². The van der Waals surface area contributed by atoms with E-state index in [2.05, 4.69) is 16.3 Å². The molecule has 134 valence electrons. The van der Waals surface area contributed by atoms with E-state index in [1.54, 1.807) is 0 Å². The fourth-order valence-electron chi connectivity index (χ4n) is 2.84. The number of benzene rings is 1. The van der Waals surface area contributed by atoms with Crippen molar-refractivity contribution >= 4 is 6.03 Å². The number of carbonyl (C=O) groups excluding carboxylic acids is 1. The molecule has 0 radical (unpaired) electrons. The van der Waals surface area contributed by atoms with Gasteiger partial charge in [0.15, 0.2) is 0 Å². The minimum absolute atomic E-state index is 0.0157. The van der Waals surface area contributed by atoms with E-state index < -0.39 is 0 Å². The standard InChI is InChI=1S/C18H29N3O3/c1-2-24-13-5-8-19-18(23)21-11-9-20(10-12-21)14-16-6-3-4-7-17(16)15-22/h3-4,6-7,22H,2,5,8-15H2,1H3,(H,19,23). The summed E-state index contributed by atoms with van der Waals surface area (Å²) in [6.07, 6.45) is 0.845. The van der Waals surface area contributed by atoms with Crippen molar-refractivity contribution in [3.05, 3.63) is 35.4 Å². The van der Waals surface area contributed by atoms with E-state index in [-0.39, 0.29) is 12.6 Å². The number of aliphatic hydroxyl groups excluding tert-OH is 1. The second kappa shape index (κ2) is 10.3. The largest absolute Gasteiger partial charge is 0.392 e. The Kier molecular flexibility index (Phi) is 8.01. The van der Waals surface area contributed by atoms with Crippen LogP contribution in [0.5, 0.6) is 0 Å². The van der Waals surface area contributed by atoms with E-state index >= 15 is 0 Å². The monoisotopic (exact) mass is 335 g/mol. The first-order valence-corrected chi connectivity index (χ1v) is 8.75. The predicted molar refractivity (Wildman–Crippen MR) is 93.7 cm³/mol. The molecular formula is C18H29N3O3. The van der Waals surface area contributed by atoms with Gasteiger partial charge >= 0.3 is 6.03 Å². The summed E-state index contributed by atoms with van der Waals surface area (Å²) < 4.78 is 5.26. The molecule has 2 N–H and O–H groups in total. The second-order valence-electron chi connectivity index (χ2n) is 5.97. The normalized spacial score (nSPS) is 15.5. The van der Waals surface area contributed by atoms with Gasteiger partial charge in [-0.25, -0.2) is 4.79 Å². The van der Waals surface area contributed by atoms with Crippen LogP contribution in [0.2, 0.25) is 0 Å². The molecule has 1 aromatic rings. The number of ether oxygens (including phenoxy) is 1. The topological polar surface area (TPSA) is 65.0 Å². The first-order chi connectivity index (χ1) is 11.7. The number of piperazine rings is 1. The molecule has 1 saturated heterocycles. The summed E-state index contributed by atoms with van der Waals surface area (Å²) in [5, 5.41) is 12.4. The highest BCUT2D eigenvalue weighted by Gasteiger charge is 2.21. The molecule has 1 heterocycles. The van der Waals surface area contributed by atoms with Crippen molar-refractivity contribution in [1.29, 1.82) is 0 Å². The number of aliphatic hydroxyl groups is 1. The summed E-state index contributed by atoms with van der Waals surface area (Å²) in [7, 11) is 0. The molecule has 0 aliphatic carbocycles. The Morgan fingerprint density at radius 3 is 2.58 bits per heavy atom. The molecule has 0 bridgehead atoms. The fourth-order valence-corrected chi connectivity index (χ4v) is 2.84. The molecule has 1 aliphatic rings. The highest BCUT2D eigenvalue weighted by molar-refractivity contribution is 5.74. The van der Waals surface area contributed by atoms with Crippen LogP contribution in [0.25, 0.3) is 0 Å². The van der Waals surface area contributed by atoms with E-state index in [1.165, 1.54) is 0 Å². The van der Waals surface area contributed by atoms with Gasteiger partial charge in [0.05, 0.1) is 6.61 Å². The molecule has 1 aromatic carbocycles. The maximum Gasteiger partial charge on any atom is 0.317 e. The van der Waals surface area contributed by atoms with Gasteiger partial charge in [0.25, 0.3) is 0 Å². The molecule has 0 saturated carbocycles. The molecule has 0 unspecified atom stereocenters. The van der Waals surface area contributed by atoms with Gasteiger partial charge in [-0.15, -0.1) is 0 Å². The van der Waals surface area contributed by atoms with Crippen molar-refractivity contribution in [2.45, 2.75) is 26.5 Å². The van der Waals surface area contributed by atoms with Crippen molar-refractivity contribution in [2.24, 2.45) is 0 Å². The van der Waals surface area contributed by atoms with Crippen molar-refractivity contribution in [2.75, 3.05) is 45.9 Å². The van der Waals surface area contributed by atoms with Gasteiger partial charge in [-0.3, -0.25) is 4.90 Å². The van der Waals surface area contributed by atoms with Crippen LogP contribution < -0.4 is 5.32 Å². The lowest BCUT2D eigenvalue weighted by atomic mass is 10.1. The number of amides is 2. The van der Waals surface area contributed by atoms with E-state index in [0.29, 0.717) is 13.2 Å². The van der Waals surface area contributed by atoms with Crippen LogP contribution in [-0.4, -0.2) is 66.9 Å². The van der Waals surface area contributed by atoms with Crippen LogP contribution in [0.1, 0.15) is 24.5 Å². The maximum absolute atomic E-state index is 12.1. The first-order valence-electron chi connectivity index (χ1n) is 8.75. The molecule has 2 rings (SSSR count). The number of hydrogen-bond donors (Lipinski definition) is 2. The molecule has 24 heavy (non-hydrogen) atoms. The Bertz CT molecular complexity index is 502. The molecule has 0 atom stereocenters. The van der Waals surface area contributed by atoms with Crippen LogP contribution in [0.4, 0.5) is 4.79 Å². The van der Waals surface area contributed by atoms with Crippen molar-refractivity contribution in [3.8, 4) is 0 Å². The van der Waals surface area contributed by atoms with Gasteiger partial charge in [0.1, 0.15) is 0 Å². The number of nitrogens with zero attached hydrogens (tertiary/aromatic N) is 2. The summed E-state index contributed by atoms with van der Waals surface area (Å²) in [4.78, 5) is 16.3. The quantitative estimate of drug-likeness (QED) is 0.706. The lowest BCUT2D eigenvalue weighted by Gasteiger charge is -2.35. The van der Waals surface area contributed by atoms with E-state index in [9.17, 15) is 9.90 Å². The molecule has 1 fully saturated rings. The Hall–Kier alpha value is -1.63. The minimum atomic E-state index is 0.0157. The third-order valence-corrected chi connectivity index (χ3v) is 4.29. The SMILES string of the molecule is CCOCCCNC(=O)N1CCN(Cc2ccccc2CO)CC1. The fraction of sp³-hybridized carbons (Fsp3) is 0.611. The Balaban J connectivity index is 1.70. The van der Waals surface area contributed by atoms with Crippen LogP contribution >= 0.6 is 0 Å². The summed E-state index contributed by atoms with van der Waals surface area (Å²) in [6.45, 7) is 8.10. The zero-order valence-corrected chi connectivity index (χ0v) is 14.5. The van der Waals surface area contributed by atoms with Crippen molar-refractivity contribution in [3.63, 3.8) is 0 Å². The van der Waals surface area contributed by atoms with E-state index in [0.717, 1.165) is 56.9 Å². The summed E-state index contributed by atoms with van der Waals surface area (Å²) in [5.74, 6) is 0. The molecule has 2 amide bonds. The maximum atomic E-state index is 12.1. The third kappa shape index (κ3) is 5.78. The average Bonchev–Trinajstić information content (AvgIpc) is 2.62. The average molecular weight is 335 g/mol. The smallest absolute Gasteiger partial charge is 0.317 e. The van der Waals surface area contributed by atoms with Crippen LogP contribution in [0, 0.1) is 0 Å². The van der Waals surface area contributed by atoms with Gasteiger partial charge in [0, 0.05) is 52.5 Å². The van der Waals surface area contributed by atoms with Gasteiger partial charge in [-0.2, -0.15) is 0 Å². The van der Waals surface area contributed by atoms with Gasteiger partial charge < -0.3 is 20.1 Å². The number of hydrogen-bond acceptors (Lipinski definition) is 4. The van der Waals surface area contributed by atoms with E-state index in [1.807, 2.05) is 30.0 Å². The van der Waals surface area contributed by atoms with Gasteiger partial charge in [0.2, 0.25) is 0 Å². The zero-order chi connectivity index (χ0) is 17.2. The Morgan fingerprint density at radius 2 is 1.92 bits per heavy atom. The minimum Gasteiger partial charge on any atom is -0.392 e. The van der Waals surface area contributed by atoms with Crippen LogP contribution in [0.3, 0.4) is 0 Å². The molecule has 1 aliphatic heterocycles. The number of urea groups is 1. The molecule has 0 spiro atoms. The zero-order valence-electron chi connectivity index (χ0n) is 14.5. The lowest BCUT2D eigenvalue weighted by Crippen LogP contribution is -2.51. The first kappa shape index (κ1) is 18.7. The Labute approximate surface area is 144 Å².